The average molecular weight is 310 g/mol. The molecule has 3 aromatic rings. The van der Waals surface area contributed by atoms with Crippen molar-refractivity contribution in [2.24, 2.45) is 0 Å². The van der Waals surface area contributed by atoms with E-state index in [1.54, 1.807) is 6.07 Å². The first-order valence-electron chi connectivity index (χ1n) is 5.10. The Morgan fingerprint density at radius 3 is 2.78 bits per heavy atom. The van der Waals surface area contributed by atoms with Crippen LogP contribution in [0.25, 0.3) is 22.4 Å². The van der Waals surface area contributed by atoms with E-state index in [0.29, 0.717) is 26.9 Å². The number of imidazole rings is 1. The van der Waals surface area contributed by atoms with Gasteiger partial charge in [0, 0.05) is 12.3 Å². The maximum atomic E-state index is 13.6. The fraction of sp³-hybridized carbons (Fsp3) is 0. The Bertz CT molecular complexity index is 700. The quantitative estimate of drug-likeness (QED) is 0.745. The zero-order chi connectivity index (χ0) is 12.7. The summed E-state index contributed by atoms with van der Waals surface area (Å²) in [4.78, 5) is 10.8. The number of hydrogen-bond donors (Lipinski definition) is 1. The summed E-state index contributed by atoms with van der Waals surface area (Å²) in [6.07, 6.45) is 2.58. The van der Waals surface area contributed by atoms with E-state index in [1.165, 1.54) is 18.3 Å². The predicted molar refractivity (Wildman–Crippen MR) is 66.9 cm³/mol. The molecule has 1 aromatic carbocycles. The number of benzene rings is 1. The lowest BCUT2D eigenvalue weighted by atomic mass is 10.2. The SMILES string of the molecule is Fc1cc2[nH]c(-c3ccncc3F)nc2cc1Br. The van der Waals surface area contributed by atoms with Gasteiger partial charge in [0.15, 0.2) is 5.82 Å². The van der Waals surface area contributed by atoms with Gasteiger partial charge in [0.25, 0.3) is 0 Å². The van der Waals surface area contributed by atoms with Crippen molar-refractivity contribution < 1.29 is 8.78 Å². The summed E-state index contributed by atoms with van der Waals surface area (Å²) < 4.78 is 27.2. The lowest BCUT2D eigenvalue weighted by molar-refractivity contribution is 0.623. The van der Waals surface area contributed by atoms with Crippen molar-refractivity contribution in [3.05, 3.63) is 46.7 Å². The largest absolute Gasteiger partial charge is 0.338 e. The van der Waals surface area contributed by atoms with Gasteiger partial charge < -0.3 is 4.98 Å². The summed E-state index contributed by atoms with van der Waals surface area (Å²) in [7, 11) is 0. The van der Waals surface area contributed by atoms with Crippen molar-refractivity contribution in [1.82, 2.24) is 15.0 Å². The molecule has 3 rings (SSSR count). The summed E-state index contributed by atoms with van der Waals surface area (Å²) >= 11 is 3.08. The second-order valence-electron chi connectivity index (χ2n) is 3.72. The zero-order valence-corrected chi connectivity index (χ0v) is 10.5. The van der Waals surface area contributed by atoms with Gasteiger partial charge in [-0.3, -0.25) is 4.98 Å². The molecule has 90 valence electrons. The van der Waals surface area contributed by atoms with Crippen LogP contribution in [0.2, 0.25) is 0 Å². The average Bonchev–Trinajstić information content (AvgIpc) is 2.73. The van der Waals surface area contributed by atoms with Gasteiger partial charge in [-0.25, -0.2) is 13.8 Å². The van der Waals surface area contributed by atoms with Gasteiger partial charge in [0.1, 0.15) is 11.6 Å². The number of nitrogens with one attached hydrogen (secondary N) is 1. The highest BCUT2D eigenvalue weighted by molar-refractivity contribution is 9.10. The number of aromatic nitrogens is 3. The highest BCUT2D eigenvalue weighted by atomic mass is 79.9. The highest BCUT2D eigenvalue weighted by Crippen LogP contribution is 2.26. The van der Waals surface area contributed by atoms with Crippen molar-refractivity contribution >= 4 is 27.0 Å². The fourth-order valence-electron chi connectivity index (χ4n) is 1.70. The molecule has 0 bridgehead atoms. The zero-order valence-electron chi connectivity index (χ0n) is 8.92. The smallest absolute Gasteiger partial charge is 0.152 e. The van der Waals surface area contributed by atoms with Crippen LogP contribution in [-0.4, -0.2) is 15.0 Å². The van der Waals surface area contributed by atoms with Crippen LogP contribution in [0.1, 0.15) is 0 Å². The molecular weight excluding hydrogens is 304 g/mol. The first-order chi connectivity index (χ1) is 8.65. The van der Waals surface area contributed by atoms with E-state index in [9.17, 15) is 8.78 Å². The van der Waals surface area contributed by atoms with Crippen molar-refractivity contribution in [3.8, 4) is 11.4 Å². The summed E-state index contributed by atoms with van der Waals surface area (Å²) in [6, 6.07) is 4.37. The molecule has 0 unspecified atom stereocenters. The molecule has 0 amide bonds. The van der Waals surface area contributed by atoms with Gasteiger partial charge in [-0.1, -0.05) is 0 Å². The van der Waals surface area contributed by atoms with E-state index in [2.05, 4.69) is 30.9 Å². The van der Waals surface area contributed by atoms with Crippen molar-refractivity contribution in [2.45, 2.75) is 0 Å². The number of H-pyrrole nitrogens is 1. The van der Waals surface area contributed by atoms with Crippen molar-refractivity contribution in [2.75, 3.05) is 0 Å². The number of rotatable bonds is 1. The molecule has 2 heterocycles. The maximum Gasteiger partial charge on any atom is 0.152 e. The van der Waals surface area contributed by atoms with Gasteiger partial charge in [0.2, 0.25) is 0 Å². The third kappa shape index (κ3) is 1.78. The monoisotopic (exact) mass is 309 g/mol. The molecule has 6 heteroatoms. The molecule has 0 radical (unpaired) electrons. The first-order valence-corrected chi connectivity index (χ1v) is 5.89. The molecule has 0 spiro atoms. The molecule has 0 atom stereocenters. The number of nitrogens with zero attached hydrogens (tertiary/aromatic N) is 2. The highest BCUT2D eigenvalue weighted by Gasteiger charge is 2.11. The number of hydrogen-bond acceptors (Lipinski definition) is 2. The van der Waals surface area contributed by atoms with E-state index in [-0.39, 0.29) is 0 Å². The first kappa shape index (κ1) is 11.3. The van der Waals surface area contributed by atoms with Crippen LogP contribution >= 0.6 is 15.9 Å². The lowest BCUT2D eigenvalue weighted by Crippen LogP contribution is -1.86. The minimum absolute atomic E-state index is 0.303. The van der Waals surface area contributed by atoms with Crippen LogP contribution in [0.15, 0.2) is 35.1 Å². The molecule has 0 saturated heterocycles. The molecule has 0 aliphatic rings. The third-order valence-electron chi connectivity index (χ3n) is 2.55. The Balaban J connectivity index is 2.23. The Morgan fingerprint density at radius 2 is 2.00 bits per heavy atom. The molecule has 0 aliphatic heterocycles. The van der Waals surface area contributed by atoms with Crippen LogP contribution in [-0.2, 0) is 0 Å². The summed E-state index contributed by atoms with van der Waals surface area (Å²) in [6.45, 7) is 0. The summed E-state index contributed by atoms with van der Waals surface area (Å²) in [5.74, 6) is -0.522. The van der Waals surface area contributed by atoms with Crippen LogP contribution < -0.4 is 0 Å². The van der Waals surface area contributed by atoms with Crippen LogP contribution in [0.3, 0.4) is 0 Å². The topological polar surface area (TPSA) is 41.6 Å². The summed E-state index contributed by atoms with van der Waals surface area (Å²) in [5, 5.41) is 0. The van der Waals surface area contributed by atoms with E-state index in [4.69, 9.17) is 0 Å². The van der Waals surface area contributed by atoms with E-state index in [0.717, 1.165) is 6.20 Å². The number of halogens is 3. The van der Waals surface area contributed by atoms with Crippen LogP contribution in [0, 0.1) is 11.6 Å². The Hall–Kier alpha value is -1.82. The third-order valence-corrected chi connectivity index (χ3v) is 3.16. The number of aromatic amines is 1. The lowest BCUT2D eigenvalue weighted by Gasteiger charge is -1.96. The van der Waals surface area contributed by atoms with Gasteiger partial charge in [-0.15, -0.1) is 0 Å². The maximum absolute atomic E-state index is 13.6. The van der Waals surface area contributed by atoms with E-state index >= 15 is 0 Å². The molecule has 0 saturated carbocycles. The molecule has 1 N–H and O–H groups in total. The Labute approximate surface area is 109 Å². The molecular formula is C12H6BrF2N3. The normalized spacial score (nSPS) is 11.1. The van der Waals surface area contributed by atoms with Crippen LogP contribution in [0.4, 0.5) is 8.78 Å². The van der Waals surface area contributed by atoms with Gasteiger partial charge in [0.05, 0.1) is 27.3 Å². The number of fused-ring (bicyclic) bond motifs is 1. The van der Waals surface area contributed by atoms with Crippen molar-refractivity contribution in [3.63, 3.8) is 0 Å². The van der Waals surface area contributed by atoms with E-state index < -0.39 is 11.6 Å². The summed E-state index contributed by atoms with van der Waals surface area (Å²) in [5.41, 5.74) is 1.38. The van der Waals surface area contributed by atoms with E-state index in [1.807, 2.05) is 0 Å². The molecule has 0 aliphatic carbocycles. The second-order valence-corrected chi connectivity index (χ2v) is 4.58. The molecule has 18 heavy (non-hydrogen) atoms. The number of pyridine rings is 1. The standard InChI is InChI=1S/C12H6BrF2N3/c13-7-3-10-11(4-8(7)14)18-12(17-10)6-1-2-16-5-9(6)15/h1-5H,(H,17,18). The Morgan fingerprint density at radius 1 is 1.17 bits per heavy atom. The second kappa shape index (κ2) is 4.13. The van der Waals surface area contributed by atoms with Gasteiger partial charge in [-0.05, 0) is 28.1 Å². The minimum Gasteiger partial charge on any atom is -0.338 e. The molecule has 0 fully saturated rings. The molecule has 3 nitrogen and oxygen atoms in total. The fourth-order valence-corrected chi connectivity index (χ4v) is 2.03. The minimum atomic E-state index is -0.476. The van der Waals surface area contributed by atoms with Crippen LogP contribution in [0.5, 0.6) is 0 Å². The van der Waals surface area contributed by atoms with Gasteiger partial charge in [-0.2, -0.15) is 0 Å². The van der Waals surface area contributed by atoms with Crippen molar-refractivity contribution in [1.29, 1.82) is 0 Å². The van der Waals surface area contributed by atoms with Gasteiger partial charge >= 0.3 is 0 Å². The Kier molecular flexibility index (Phi) is 2.59. The molecule has 2 aromatic heterocycles. The predicted octanol–water partition coefficient (Wildman–Crippen LogP) is 3.67.